The van der Waals surface area contributed by atoms with Gasteiger partial charge in [0.15, 0.2) is 0 Å². The summed E-state index contributed by atoms with van der Waals surface area (Å²) in [6.45, 7) is 4.00. The summed E-state index contributed by atoms with van der Waals surface area (Å²) in [6, 6.07) is 20.9. The third-order valence-electron chi connectivity index (χ3n) is 4.67. The van der Waals surface area contributed by atoms with E-state index in [1.54, 1.807) is 12.3 Å². The van der Waals surface area contributed by atoms with Crippen molar-refractivity contribution in [3.05, 3.63) is 72.9 Å². The van der Waals surface area contributed by atoms with E-state index in [0.29, 0.717) is 34.0 Å². The van der Waals surface area contributed by atoms with Crippen LogP contribution in [0.3, 0.4) is 0 Å². The predicted molar refractivity (Wildman–Crippen MR) is 126 cm³/mol. The number of ether oxygens (including phenoxy) is 1. The molecular weight excluding hydrogens is 408 g/mol. The second-order valence-electron chi connectivity index (χ2n) is 7.24. The standard InChI is InChI=1S/C24H22N4O2S/c1-15(2)30-18-10-7-16(8-11-18)21-12-9-17(14-26-21)27-28-22-13-23(31-29)19-5-3-4-6-20(19)24(22)25/h3-15,29H,25H2,1-2H3. The molecule has 7 heteroatoms. The molecule has 0 aliphatic rings. The summed E-state index contributed by atoms with van der Waals surface area (Å²) < 4.78 is 15.3. The molecule has 156 valence electrons. The van der Waals surface area contributed by atoms with Crippen LogP contribution in [0.25, 0.3) is 22.0 Å². The molecule has 0 saturated heterocycles. The summed E-state index contributed by atoms with van der Waals surface area (Å²) in [4.78, 5) is 5.17. The fourth-order valence-corrected chi connectivity index (χ4v) is 3.65. The van der Waals surface area contributed by atoms with E-state index in [1.807, 2.05) is 74.5 Å². The molecule has 0 aliphatic heterocycles. The fourth-order valence-electron chi connectivity index (χ4n) is 3.21. The van der Waals surface area contributed by atoms with Crippen LogP contribution in [-0.4, -0.2) is 15.6 Å². The van der Waals surface area contributed by atoms with Gasteiger partial charge in [0.2, 0.25) is 0 Å². The lowest BCUT2D eigenvalue weighted by Crippen LogP contribution is -2.05. The Morgan fingerprint density at radius 2 is 1.71 bits per heavy atom. The van der Waals surface area contributed by atoms with Crippen LogP contribution in [0, 0.1) is 0 Å². The summed E-state index contributed by atoms with van der Waals surface area (Å²) in [7, 11) is 0. The van der Waals surface area contributed by atoms with Gasteiger partial charge in [-0.15, -0.1) is 10.2 Å². The van der Waals surface area contributed by atoms with Crippen molar-refractivity contribution in [2.45, 2.75) is 24.8 Å². The first-order chi connectivity index (χ1) is 15.0. The average molecular weight is 431 g/mol. The third-order valence-corrected chi connectivity index (χ3v) is 5.20. The topological polar surface area (TPSA) is 93.1 Å². The molecule has 0 aliphatic carbocycles. The molecule has 6 nitrogen and oxygen atoms in total. The molecule has 0 unspecified atom stereocenters. The Bertz CT molecular complexity index is 1220. The Hall–Kier alpha value is -3.42. The van der Waals surface area contributed by atoms with Gasteiger partial charge in [-0.1, -0.05) is 24.3 Å². The molecule has 0 fully saturated rings. The van der Waals surface area contributed by atoms with Crippen molar-refractivity contribution in [1.29, 1.82) is 0 Å². The highest BCUT2D eigenvalue weighted by Crippen LogP contribution is 2.38. The normalized spacial score (nSPS) is 11.5. The highest BCUT2D eigenvalue weighted by molar-refractivity contribution is 7.94. The van der Waals surface area contributed by atoms with Crippen LogP contribution in [0.15, 0.2) is 88.1 Å². The van der Waals surface area contributed by atoms with Crippen LogP contribution in [0.2, 0.25) is 0 Å². The highest BCUT2D eigenvalue weighted by Gasteiger charge is 2.10. The summed E-state index contributed by atoms with van der Waals surface area (Å²) in [6.07, 6.45) is 1.80. The second-order valence-corrected chi connectivity index (χ2v) is 7.86. The quantitative estimate of drug-likeness (QED) is 0.191. The number of nitrogens with two attached hydrogens (primary N) is 1. The molecule has 4 rings (SSSR count). The van der Waals surface area contributed by atoms with Crippen LogP contribution in [0.5, 0.6) is 5.75 Å². The Morgan fingerprint density at radius 3 is 2.35 bits per heavy atom. The van der Waals surface area contributed by atoms with E-state index < -0.39 is 0 Å². The molecule has 1 heterocycles. The van der Waals surface area contributed by atoms with E-state index in [4.69, 9.17) is 10.5 Å². The first-order valence-corrected chi connectivity index (χ1v) is 10.6. The number of rotatable bonds is 6. The smallest absolute Gasteiger partial charge is 0.119 e. The lowest BCUT2D eigenvalue weighted by atomic mass is 10.1. The van der Waals surface area contributed by atoms with Crippen molar-refractivity contribution in [2.24, 2.45) is 10.2 Å². The number of fused-ring (bicyclic) bond motifs is 1. The molecule has 0 radical (unpaired) electrons. The molecule has 3 aromatic carbocycles. The van der Waals surface area contributed by atoms with E-state index in [-0.39, 0.29) is 6.10 Å². The van der Waals surface area contributed by atoms with Crippen molar-refractivity contribution < 1.29 is 9.29 Å². The number of nitrogens with zero attached hydrogens (tertiary/aromatic N) is 3. The van der Waals surface area contributed by atoms with Gasteiger partial charge in [0.25, 0.3) is 0 Å². The van der Waals surface area contributed by atoms with Gasteiger partial charge < -0.3 is 15.0 Å². The number of aromatic nitrogens is 1. The largest absolute Gasteiger partial charge is 0.491 e. The van der Waals surface area contributed by atoms with Crippen LogP contribution < -0.4 is 10.5 Å². The Labute approximate surface area is 185 Å². The molecule has 4 aromatic rings. The van der Waals surface area contributed by atoms with E-state index >= 15 is 0 Å². The van der Waals surface area contributed by atoms with E-state index in [0.717, 1.165) is 27.8 Å². The maximum Gasteiger partial charge on any atom is 0.119 e. The summed E-state index contributed by atoms with van der Waals surface area (Å²) in [5.41, 5.74) is 9.72. The maximum absolute atomic E-state index is 9.62. The van der Waals surface area contributed by atoms with Crippen molar-refractivity contribution >= 4 is 39.9 Å². The monoisotopic (exact) mass is 430 g/mol. The zero-order valence-electron chi connectivity index (χ0n) is 17.2. The van der Waals surface area contributed by atoms with Crippen molar-refractivity contribution in [2.75, 3.05) is 5.73 Å². The number of azo groups is 1. The first kappa shape index (κ1) is 20.8. The number of pyridine rings is 1. The summed E-state index contributed by atoms with van der Waals surface area (Å²) in [5.74, 6) is 0.831. The zero-order chi connectivity index (χ0) is 21.8. The highest BCUT2D eigenvalue weighted by atomic mass is 32.2. The molecule has 0 saturated carbocycles. The summed E-state index contributed by atoms with van der Waals surface area (Å²) in [5, 5.41) is 10.3. The van der Waals surface area contributed by atoms with Crippen LogP contribution >= 0.6 is 12.0 Å². The van der Waals surface area contributed by atoms with Crippen LogP contribution in [-0.2, 0) is 0 Å². The predicted octanol–water partition coefficient (Wildman–Crippen LogP) is 7.25. The minimum Gasteiger partial charge on any atom is -0.491 e. The Kier molecular flexibility index (Phi) is 6.16. The molecule has 3 N–H and O–H groups in total. The minimum atomic E-state index is 0.136. The number of hydrogen-bond acceptors (Lipinski definition) is 7. The molecular formula is C24H22N4O2S. The van der Waals surface area contributed by atoms with Gasteiger partial charge in [-0.05, 0) is 61.7 Å². The van der Waals surface area contributed by atoms with Gasteiger partial charge in [-0.3, -0.25) is 4.98 Å². The molecule has 1 aromatic heterocycles. The SMILES string of the molecule is CC(C)Oc1ccc(-c2ccc(N=Nc3cc(SO)c4ccccc4c3N)cn2)cc1. The Balaban J connectivity index is 1.56. The fraction of sp³-hybridized carbons (Fsp3) is 0.125. The maximum atomic E-state index is 9.62. The van der Waals surface area contributed by atoms with E-state index in [2.05, 4.69) is 15.2 Å². The number of benzene rings is 3. The number of nitrogen functional groups attached to an aromatic ring is 1. The molecule has 0 spiro atoms. The lowest BCUT2D eigenvalue weighted by molar-refractivity contribution is 0.242. The van der Waals surface area contributed by atoms with Crippen LogP contribution in [0.1, 0.15) is 13.8 Å². The minimum absolute atomic E-state index is 0.136. The second kappa shape index (κ2) is 9.16. The van der Waals surface area contributed by atoms with Gasteiger partial charge in [0.05, 0.1) is 23.7 Å². The van der Waals surface area contributed by atoms with Gasteiger partial charge in [-0.2, -0.15) is 0 Å². The van der Waals surface area contributed by atoms with Gasteiger partial charge >= 0.3 is 0 Å². The first-order valence-electron chi connectivity index (χ1n) is 9.82. The molecule has 31 heavy (non-hydrogen) atoms. The molecule has 0 bridgehead atoms. The zero-order valence-corrected chi connectivity index (χ0v) is 18.0. The summed E-state index contributed by atoms with van der Waals surface area (Å²) >= 11 is 0.668. The lowest BCUT2D eigenvalue weighted by Gasteiger charge is -2.10. The van der Waals surface area contributed by atoms with Gasteiger partial charge in [0, 0.05) is 27.9 Å². The van der Waals surface area contributed by atoms with Crippen LogP contribution in [0.4, 0.5) is 17.1 Å². The molecule has 0 atom stereocenters. The average Bonchev–Trinajstić information content (AvgIpc) is 2.79. The number of anilines is 1. The number of hydrogen-bond donors (Lipinski definition) is 2. The Morgan fingerprint density at radius 1 is 0.968 bits per heavy atom. The van der Waals surface area contributed by atoms with E-state index in [1.165, 1.54) is 0 Å². The van der Waals surface area contributed by atoms with Crippen molar-refractivity contribution in [1.82, 2.24) is 4.98 Å². The van der Waals surface area contributed by atoms with Gasteiger partial charge in [0.1, 0.15) is 17.1 Å². The van der Waals surface area contributed by atoms with E-state index in [9.17, 15) is 4.55 Å². The van der Waals surface area contributed by atoms with Crippen molar-refractivity contribution in [3.63, 3.8) is 0 Å². The third kappa shape index (κ3) is 4.68. The van der Waals surface area contributed by atoms with Crippen molar-refractivity contribution in [3.8, 4) is 17.0 Å². The molecule has 0 amide bonds. The van der Waals surface area contributed by atoms with Gasteiger partial charge in [-0.25, -0.2) is 0 Å².